The van der Waals surface area contributed by atoms with Crippen molar-refractivity contribution in [1.29, 1.82) is 0 Å². The first-order valence-corrected chi connectivity index (χ1v) is 7.67. The molecule has 0 aliphatic carbocycles. The first-order chi connectivity index (χ1) is 9.16. The van der Waals surface area contributed by atoms with Gasteiger partial charge in [-0.05, 0) is 37.1 Å². The highest BCUT2D eigenvalue weighted by molar-refractivity contribution is 7.90. The van der Waals surface area contributed by atoms with E-state index < -0.39 is 15.7 Å². The first kappa shape index (κ1) is 15.9. The number of benzene rings is 1. The van der Waals surface area contributed by atoms with Crippen LogP contribution in [0.25, 0.3) is 6.08 Å². The second-order valence-electron chi connectivity index (χ2n) is 4.32. The van der Waals surface area contributed by atoms with Crippen molar-refractivity contribution < 1.29 is 13.2 Å². The first-order valence-electron chi connectivity index (χ1n) is 5.78. The normalized spacial score (nSPS) is 11.6. The molecule has 0 unspecified atom stereocenters. The average molecular weight is 295 g/mol. The molecule has 0 atom stereocenters. The van der Waals surface area contributed by atoms with Gasteiger partial charge in [-0.15, -0.1) is 0 Å². The van der Waals surface area contributed by atoms with Gasteiger partial charge in [0.25, 0.3) is 5.91 Å². The summed E-state index contributed by atoms with van der Waals surface area (Å²) >= 11 is 0. The molecule has 0 aliphatic rings. The molecule has 0 spiro atoms. The summed E-state index contributed by atoms with van der Waals surface area (Å²) in [5.41, 5.74) is 11.6. The fourth-order valence-corrected chi connectivity index (χ4v) is 2.64. The highest BCUT2D eigenvalue weighted by Crippen LogP contribution is 2.23. The Bertz CT molecular complexity index is 700. The Labute approximate surface area is 118 Å². The van der Waals surface area contributed by atoms with Gasteiger partial charge in [-0.25, -0.2) is 8.42 Å². The van der Waals surface area contributed by atoms with Crippen LogP contribution < -0.4 is 11.5 Å². The third-order valence-electron chi connectivity index (χ3n) is 2.56. The van der Waals surface area contributed by atoms with Gasteiger partial charge in [0.05, 0.1) is 4.90 Å². The van der Waals surface area contributed by atoms with E-state index in [1.807, 2.05) is 0 Å². The summed E-state index contributed by atoms with van der Waals surface area (Å²) < 4.78 is 23.6. The number of carbonyl (C=O) groups is 1. The number of hydrogen-bond donors (Lipinski definition) is 2. The molecule has 0 bridgehead atoms. The van der Waals surface area contributed by atoms with Crippen LogP contribution in [0.3, 0.4) is 0 Å². The molecule has 4 N–H and O–H groups in total. The van der Waals surface area contributed by atoms with Crippen LogP contribution >= 0.6 is 0 Å². The molecule has 1 amide bonds. The molecule has 20 heavy (non-hydrogen) atoms. The second-order valence-corrected chi connectivity index (χ2v) is 6.30. The van der Waals surface area contributed by atoms with Crippen molar-refractivity contribution in [2.45, 2.75) is 18.7 Å². The number of aryl methyl sites for hydroxylation is 1. The molecule has 0 saturated carbocycles. The average Bonchev–Trinajstić information content (AvgIpc) is 2.26. The third kappa shape index (κ3) is 3.67. The van der Waals surface area contributed by atoms with Gasteiger partial charge in [0, 0.05) is 11.8 Å². The highest BCUT2D eigenvalue weighted by atomic mass is 32.2. The van der Waals surface area contributed by atoms with Gasteiger partial charge in [0.2, 0.25) is 0 Å². The van der Waals surface area contributed by atoms with E-state index in [0.29, 0.717) is 11.1 Å². The van der Waals surface area contributed by atoms with Crippen molar-refractivity contribution in [2.75, 3.05) is 6.26 Å². The van der Waals surface area contributed by atoms with E-state index in [1.165, 1.54) is 6.07 Å². The number of aliphatic imine (C=N–C) groups is 1. The van der Waals surface area contributed by atoms with E-state index in [4.69, 9.17) is 11.5 Å². The van der Waals surface area contributed by atoms with Gasteiger partial charge < -0.3 is 11.5 Å². The van der Waals surface area contributed by atoms with Gasteiger partial charge in [0.1, 0.15) is 0 Å². The number of allylic oxidation sites excluding steroid dienone is 1. The minimum Gasteiger partial charge on any atom is -0.370 e. The molecular weight excluding hydrogens is 278 g/mol. The van der Waals surface area contributed by atoms with E-state index >= 15 is 0 Å². The quantitative estimate of drug-likeness (QED) is 0.633. The van der Waals surface area contributed by atoms with Crippen LogP contribution in [0.15, 0.2) is 28.1 Å². The minimum absolute atomic E-state index is 0.0651. The van der Waals surface area contributed by atoms with Crippen LogP contribution in [0.4, 0.5) is 0 Å². The van der Waals surface area contributed by atoms with Crippen LogP contribution in [-0.4, -0.2) is 26.5 Å². The molecule has 0 aliphatic heterocycles. The molecule has 1 aromatic rings. The van der Waals surface area contributed by atoms with Crippen LogP contribution in [0.2, 0.25) is 0 Å². The zero-order chi connectivity index (χ0) is 15.5. The third-order valence-corrected chi connectivity index (χ3v) is 3.72. The van der Waals surface area contributed by atoms with Crippen molar-refractivity contribution in [3.05, 3.63) is 34.9 Å². The van der Waals surface area contributed by atoms with Crippen molar-refractivity contribution in [1.82, 2.24) is 0 Å². The number of amides is 1. The molecule has 108 valence electrons. The smallest absolute Gasteiger partial charge is 0.280 e. The van der Waals surface area contributed by atoms with E-state index in [1.54, 1.807) is 32.1 Å². The maximum atomic E-state index is 11.9. The van der Waals surface area contributed by atoms with Gasteiger partial charge in [0.15, 0.2) is 15.8 Å². The molecule has 0 radical (unpaired) electrons. The summed E-state index contributed by atoms with van der Waals surface area (Å²) in [6.45, 7) is 3.47. The van der Waals surface area contributed by atoms with Gasteiger partial charge >= 0.3 is 0 Å². The van der Waals surface area contributed by atoms with Crippen molar-refractivity contribution in [3.8, 4) is 0 Å². The SMILES string of the molecule is C/C=C\c1cc(C)c(C(=O)N=C(N)N)cc1S(C)(=O)=O. The monoisotopic (exact) mass is 295 g/mol. The van der Waals surface area contributed by atoms with Crippen LogP contribution in [0, 0.1) is 6.92 Å². The number of guanidine groups is 1. The van der Waals surface area contributed by atoms with E-state index in [2.05, 4.69) is 4.99 Å². The Hall–Kier alpha value is -2.15. The summed E-state index contributed by atoms with van der Waals surface area (Å²) in [6.07, 6.45) is 4.47. The fourth-order valence-electron chi connectivity index (χ4n) is 1.75. The molecule has 0 fully saturated rings. The predicted octanol–water partition coefficient (Wildman–Crippen LogP) is 0.845. The molecule has 6 nitrogen and oxygen atoms in total. The summed E-state index contributed by atoms with van der Waals surface area (Å²) in [7, 11) is -3.47. The number of carbonyl (C=O) groups excluding carboxylic acids is 1. The van der Waals surface area contributed by atoms with Crippen LogP contribution in [0.1, 0.15) is 28.4 Å². The summed E-state index contributed by atoms with van der Waals surface area (Å²) in [6, 6.07) is 2.92. The molecular formula is C13H17N3O3S. The lowest BCUT2D eigenvalue weighted by atomic mass is 10.0. The van der Waals surface area contributed by atoms with Crippen LogP contribution in [-0.2, 0) is 9.84 Å². The Morgan fingerprint density at radius 2 is 1.90 bits per heavy atom. The van der Waals surface area contributed by atoms with Gasteiger partial charge in [-0.1, -0.05) is 12.2 Å². The Morgan fingerprint density at radius 3 is 2.35 bits per heavy atom. The fraction of sp³-hybridized carbons (Fsp3) is 0.231. The molecule has 0 heterocycles. The lowest BCUT2D eigenvalue weighted by molar-refractivity contribution is 0.100. The molecule has 1 aromatic carbocycles. The van der Waals surface area contributed by atoms with E-state index in [-0.39, 0.29) is 16.4 Å². The summed E-state index contributed by atoms with van der Waals surface area (Å²) in [5, 5.41) is 0. The van der Waals surface area contributed by atoms with Gasteiger partial charge in [-0.2, -0.15) is 4.99 Å². The Morgan fingerprint density at radius 1 is 1.30 bits per heavy atom. The van der Waals surface area contributed by atoms with Crippen molar-refractivity contribution >= 4 is 27.8 Å². The number of rotatable bonds is 3. The summed E-state index contributed by atoms with van der Waals surface area (Å²) in [5.74, 6) is -1.03. The Balaban J connectivity index is 3.59. The van der Waals surface area contributed by atoms with Crippen LogP contribution in [0.5, 0.6) is 0 Å². The maximum Gasteiger partial charge on any atom is 0.280 e. The largest absolute Gasteiger partial charge is 0.370 e. The summed E-state index contributed by atoms with van der Waals surface area (Å²) in [4.78, 5) is 15.4. The topological polar surface area (TPSA) is 116 Å². The minimum atomic E-state index is -3.47. The lowest BCUT2D eigenvalue weighted by Gasteiger charge is -2.09. The number of nitrogens with zero attached hydrogens (tertiary/aromatic N) is 1. The predicted molar refractivity (Wildman–Crippen MR) is 79.1 cm³/mol. The highest BCUT2D eigenvalue weighted by Gasteiger charge is 2.18. The molecule has 7 heteroatoms. The standard InChI is InChI=1S/C13H17N3O3S/c1-4-5-9-6-8(2)10(12(17)16-13(14)15)7-11(9)20(3,18)19/h4-7H,1-3H3,(H4,14,15,16,17)/b5-4-. The van der Waals surface area contributed by atoms with E-state index in [9.17, 15) is 13.2 Å². The van der Waals surface area contributed by atoms with E-state index in [0.717, 1.165) is 6.26 Å². The molecule has 0 aromatic heterocycles. The molecule has 0 saturated heterocycles. The lowest BCUT2D eigenvalue weighted by Crippen LogP contribution is -2.24. The Kier molecular flexibility index (Phi) is 4.67. The van der Waals surface area contributed by atoms with Crippen molar-refractivity contribution in [2.24, 2.45) is 16.5 Å². The number of nitrogens with two attached hydrogens (primary N) is 2. The number of hydrogen-bond acceptors (Lipinski definition) is 3. The number of sulfone groups is 1. The maximum absolute atomic E-state index is 11.9. The zero-order valence-electron chi connectivity index (χ0n) is 11.5. The van der Waals surface area contributed by atoms with Gasteiger partial charge in [-0.3, -0.25) is 4.79 Å². The second kappa shape index (κ2) is 5.87. The zero-order valence-corrected chi connectivity index (χ0v) is 12.4. The van der Waals surface area contributed by atoms with Crippen molar-refractivity contribution in [3.63, 3.8) is 0 Å². The molecule has 1 rings (SSSR count).